The number of carbonyl (C=O) groups excluding carboxylic acids is 2. The van der Waals surface area contributed by atoms with Gasteiger partial charge >= 0.3 is 5.97 Å². The second-order valence-corrected chi connectivity index (χ2v) is 6.03. The summed E-state index contributed by atoms with van der Waals surface area (Å²) in [6.45, 7) is 2.12. The van der Waals surface area contributed by atoms with Crippen molar-refractivity contribution in [3.8, 4) is 23.0 Å². The molecule has 1 N–H and O–H groups in total. The Kier molecular flexibility index (Phi) is 7.70. The number of ether oxygens (including phenoxy) is 4. The van der Waals surface area contributed by atoms with Crippen LogP contribution in [0.25, 0.3) is 0 Å². The maximum absolute atomic E-state index is 12.5. The van der Waals surface area contributed by atoms with Gasteiger partial charge in [0, 0.05) is 13.1 Å². The summed E-state index contributed by atoms with van der Waals surface area (Å²) >= 11 is 0. The molecule has 8 nitrogen and oxygen atoms in total. The maximum Gasteiger partial charge on any atom is 0.342 e. The summed E-state index contributed by atoms with van der Waals surface area (Å²) in [6, 6.07) is 9.84. The highest BCUT2D eigenvalue weighted by Gasteiger charge is 2.20. The van der Waals surface area contributed by atoms with Crippen LogP contribution in [-0.4, -0.2) is 56.4 Å². The van der Waals surface area contributed by atoms with Crippen molar-refractivity contribution < 1.29 is 33.6 Å². The van der Waals surface area contributed by atoms with Gasteiger partial charge < -0.3 is 29.0 Å². The van der Waals surface area contributed by atoms with Crippen molar-refractivity contribution >= 4 is 11.9 Å². The molecular formula is C21H25NO7. The Morgan fingerprint density at radius 2 is 1.66 bits per heavy atom. The van der Waals surface area contributed by atoms with E-state index in [1.165, 1.54) is 26.4 Å². The SMILES string of the molecule is CCN(Cc1ccc(OC)c(OC)c1)C(=O)COC(=O)c1cccc(OC)c1O. The van der Waals surface area contributed by atoms with Crippen LogP contribution in [0.2, 0.25) is 0 Å². The quantitative estimate of drug-likeness (QED) is 0.643. The van der Waals surface area contributed by atoms with E-state index < -0.39 is 12.6 Å². The normalized spacial score (nSPS) is 10.2. The predicted molar refractivity (Wildman–Crippen MR) is 106 cm³/mol. The van der Waals surface area contributed by atoms with Gasteiger partial charge in [0.1, 0.15) is 5.56 Å². The molecule has 0 fully saturated rings. The number of carbonyl (C=O) groups is 2. The van der Waals surface area contributed by atoms with Crippen molar-refractivity contribution in [3.05, 3.63) is 47.5 Å². The molecule has 0 spiro atoms. The van der Waals surface area contributed by atoms with Crippen LogP contribution in [0.5, 0.6) is 23.0 Å². The van der Waals surface area contributed by atoms with Crippen LogP contribution in [0, 0.1) is 0 Å². The smallest absolute Gasteiger partial charge is 0.342 e. The van der Waals surface area contributed by atoms with E-state index >= 15 is 0 Å². The average Bonchev–Trinajstić information content (AvgIpc) is 2.75. The van der Waals surface area contributed by atoms with Gasteiger partial charge in [-0.2, -0.15) is 0 Å². The lowest BCUT2D eigenvalue weighted by Gasteiger charge is -2.21. The molecule has 1 amide bonds. The Morgan fingerprint density at radius 3 is 2.28 bits per heavy atom. The fraction of sp³-hybridized carbons (Fsp3) is 0.333. The molecule has 0 aliphatic carbocycles. The third kappa shape index (κ3) is 5.31. The number of esters is 1. The summed E-state index contributed by atoms with van der Waals surface area (Å²) in [5, 5.41) is 10.0. The summed E-state index contributed by atoms with van der Waals surface area (Å²) in [5.41, 5.74) is 0.773. The monoisotopic (exact) mass is 403 g/mol. The number of rotatable bonds is 9. The van der Waals surface area contributed by atoms with Crippen molar-refractivity contribution in [1.29, 1.82) is 0 Å². The fourth-order valence-corrected chi connectivity index (χ4v) is 2.72. The van der Waals surface area contributed by atoms with Crippen LogP contribution >= 0.6 is 0 Å². The van der Waals surface area contributed by atoms with Gasteiger partial charge in [0.05, 0.1) is 21.3 Å². The second-order valence-electron chi connectivity index (χ2n) is 6.03. The highest BCUT2D eigenvalue weighted by atomic mass is 16.5. The number of amides is 1. The minimum Gasteiger partial charge on any atom is -0.504 e. The molecule has 0 aliphatic heterocycles. The fourth-order valence-electron chi connectivity index (χ4n) is 2.72. The van der Waals surface area contributed by atoms with Gasteiger partial charge in [0.15, 0.2) is 29.6 Å². The molecule has 0 aromatic heterocycles. The zero-order valence-corrected chi connectivity index (χ0v) is 16.9. The van der Waals surface area contributed by atoms with E-state index in [0.29, 0.717) is 24.6 Å². The predicted octanol–water partition coefficient (Wildman–Crippen LogP) is 2.62. The van der Waals surface area contributed by atoms with E-state index in [9.17, 15) is 14.7 Å². The molecule has 0 aliphatic rings. The molecule has 2 aromatic rings. The Morgan fingerprint density at radius 1 is 0.966 bits per heavy atom. The number of aromatic hydroxyl groups is 1. The van der Waals surface area contributed by atoms with Crippen molar-refractivity contribution in [2.45, 2.75) is 13.5 Å². The number of phenolic OH excluding ortho intramolecular Hbond substituents is 1. The standard InChI is InChI=1S/C21H25NO7/c1-5-22(12-14-9-10-16(26-2)18(11-14)28-4)19(23)13-29-21(25)15-7-6-8-17(27-3)20(15)24/h6-11,24H,5,12-13H2,1-4H3. The van der Waals surface area contributed by atoms with E-state index in [1.54, 1.807) is 30.2 Å². The molecular weight excluding hydrogens is 378 g/mol. The Bertz CT molecular complexity index is 866. The minimum atomic E-state index is -0.808. The third-order valence-corrected chi connectivity index (χ3v) is 4.32. The number of likely N-dealkylation sites (N-methyl/N-ethyl adjacent to an activating group) is 1. The molecule has 156 valence electrons. The molecule has 2 rings (SSSR count). The highest BCUT2D eigenvalue weighted by molar-refractivity contribution is 5.94. The van der Waals surface area contributed by atoms with Gasteiger partial charge in [-0.1, -0.05) is 12.1 Å². The zero-order valence-electron chi connectivity index (χ0n) is 16.9. The first-order valence-electron chi connectivity index (χ1n) is 8.96. The van der Waals surface area contributed by atoms with Crippen molar-refractivity contribution in [3.63, 3.8) is 0 Å². The zero-order chi connectivity index (χ0) is 21.4. The van der Waals surface area contributed by atoms with Gasteiger partial charge in [-0.25, -0.2) is 4.79 Å². The molecule has 0 saturated heterocycles. The van der Waals surface area contributed by atoms with Crippen LogP contribution in [0.4, 0.5) is 0 Å². The first-order valence-corrected chi connectivity index (χ1v) is 8.96. The lowest BCUT2D eigenvalue weighted by molar-refractivity contribution is -0.134. The molecule has 0 saturated carbocycles. The Hall–Kier alpha value is -3.42. The van der Waals surface area contributed by atoms with Crippen LogP contribution in [0.3, 0.4) is 0 Å². The molecule has 8 heteroatoms. The number of phenols is 1. The first-order chi connectivity index (χ1) is 13.9. The van der Waals surface area contributed by atoms with Gasteiger partial charge in [0.2, 0.25) is 0 Å². The average molecular weight is 403 g/mol. The largest absolute Gasteiger partial charge is 0.504 e. The van der Waals surface area contributed by atoms with Gasteiger partial charge in [-0.3, -0.25) is 4.79 Å². The minimum absolute atomic E-state index is 0.0694. The number of para-hydroxylation sites is 1. The molecule has 29 heavy (non-hydrogen) atoms. The maximum atomic E-state index is 12.5. The van der Waals surface area contributed by atoms with E-state index in [0.717, 1.165) is 5.56 Å². The number of hydrogen-bond donors (Lipinski definition) is 1. The van der Waals surface area contributed by atoms with E-state index in [1.807, 2.05) is 13.0 Å². The van der Waals surface area contributed by atoms with Crippen LogP contribution in [-0.2, 0) is 16.1 Å². The molecule has 0 bridgehead atoms. The lowest BCUT2D eigenvalue weighted by atomic mass is 10.2. The lowest BCUT2D eigenvalue weighted by Crippen LogP contribution is -2.34. The summed E-state index contributed by atoms with van der Waals surface area (Å²) in [5.74, 6) is -0.194. The summed E-state index contributed by atoms with van der Waals surface area (Å²) in [4.78, 5) is 26.3. The molecule has 0 heterocycles. The number of benzene rings is 2. The van der Waals surface area contributed by atoms with Crippen molar-refractivity contribution in [1.82, 2.24) is 4.90 Å². The van der Waals surface area contributed by atoms with Crippen LogP contribution in [0.15, 0.2) is 36.4 Å². The van der Waals surface area contributed by atoms with Crippen LogP contribution in [0.1, 0.15) is 22.8 Å². The third-order valence-electron chi connectivity index (χ3n) is 4.32. The molecule has 0 unspecified atom stereocenters. The second kappa shape index (κ2) is 10.2. The van der Waals surface area contributed by atoms with Gasteiger partial charge in [0.25, 0.3) is 5.91 Å². The van der Waals surface area contributed by atoms with E-state index in [4.69, 9.17) is 18.9 Å². The van der Waals surface area contributed by atoms with Gasteiger partial charge in [-0.15, -0.1) is 0 Å². The van der Waals surface area contributed by atoms with Crippen molar-refractivity contribution in [2.24, 2.45) is 0 Å². The number of hydrogen-bond acceptors (Lipinski definition) is 7. The van der Waals surface area contributed by atoms with Crippen molar-refractivity contribution in [2.75, 3.05) is 34.5 Å². The number of nitrogens with zero attached hydrogens (tertiary/aromatic N) is 1. The number of methoxy groups -OCH3 is 3. The van der Waals surface area contributed by atoms with Crippen LogP contribution < -0.4 is 14.2 Å². The summed E-state index contributed by atoms with van der Waals surface area (Å²) in [7, 11) is 4.46. The molecule has 0 radical (unpaired) electrons. The van der Waals surface area contributed by atoms with E-state index in [2.05, 4.69) is 0 Å². The Balaban J connectivity index is 2.02. The summed E-state index contributed by atoms with van der Waals surface area (Å²) in [6.07, 6.45) is 0. The highest BCUT2D eigenvalue weighted by Crippen LogP contribution is 2.30. The molecule has 2 aromatic carbocycles. The molecule has 0 atom stereocenters. The van der Waals surface area contributed by atoms with Gasteiger partial charge in [-0.05, 0) is 36.8 Å². The van der Waals surface area contributed by atoms with E-state index in [-0.39, 0.29) is 23.0 Å². The Labute approximate surface area is 169 Å². The summed E-state index contributed by atoms with van der Waals surface area (Å²) < 4.78 is 20.5. The topological polar surface area (TPSA) is 94.5 Å². The first kappa shape index (κ1) is 21.9.